The molecule has 37 heavy (non-hydrogen) atoms. The molecule has 0 spiro atoms. The van der Waals surface area contributed by atoms with Crippen molar-refractivity contribution in [3.8, 4) is 11.5 Å². The van der Waals surface area contributed by atoms with E-state index in [1.54, 1.807) is 14.2 Å². The maximum Gasteiger partial charge on any atom is 0.416 e. The number of methoxy groups -OCH3 is 2. The maximum atomic E-state index is 12.8. The van der Waals surface area contributed by atoms with Gasteiger partial charge in [0, 0.05) is 29.2 Å². The van der Waals surface area contributed by atoms with Crippen LogP contribution in [-0.2, 0) is 11.6 Å². The molecule has 3 atom stereocenters. The standard InChI is InChI=1S/C28H34F3N3O3/c1-36-23-11-8-19(16-24(23)37-2)27-13-12-21(17-25(27)34(15-14-27)22-4-3-5-22)33-26(35)32-20-9-6-18(7-10-20)28(29,30)31/h6-11,16,21-22,25H,3-5,12-15,17H2,1-2H3,(H2,32,33,35). The van der Waals surface area contributed by atoms with Gasteiger partial charge in [0.05, 0.1) is 19.8 Å². The van der Waals surface area contributed by atoms with E-state index >= 15 is 0 Å². The highest BCUT2D eigenvalue weighted by Gasteiger charge is 2.53. The molecule has 3 aliphatic rings. The fourth-order valence-electron chi connectivity index (χ4n) is 6.45. The first-order valence-electron chi connectivity index (χ1n) is 13.0. The van der Waals surface area contributed by atoms with E-state index in [0.717, 1.165) is 50.1 Å². The third kappa shape index (κ3) is 4.98. The number of likely N-dealkylation sites (tertiary alicyclic amines) is 1. The first-order valence-corrected chi connectivity index (χ1v) is 13.0. The number of halogens is 3. The minimum atomic E-state index is -4.41. The number of anilines is 1. The molecule has 9 heteroatoms. The number of alkyl halides is 3. The van der Waals surface area contributed by atoms with Crippen molar-refractivity contribution in [1.29, 1.82) is 0 Å². The van der Waals surface area contributed by atoms with E-state index in [-0.39, 0.29) is 11.5 Å². The van der Waals surface area contributed by atoms with Gasteiger partial charge in [0.2, 0.25) is 0 Å². The summed E-state index contributed by atoms with van der Waals surface area (Å²) in [4.78, 5) is 15.4. The van der Waals surface area contributed by atoms with Crippen molar-refractivity contribution < 1.29 is 27.4 Å². The fraction of sp³-hybridized carbons (Fsp3) is 0.536. The van der Waals surface area contributed by atoms with Crippen LogP contribution in [0.4, 0.5) is 23.7 Å². The number of nitrogens with zero attached hydrogens (tertiary/aromatic N) is 1. The van der Waals surface area contributed by atoms with E-state index in [1.165, 1.54) is 37.0 Å². The number of urea groups is 1. The van der Waals surface area contributed by atoms with Gasteiger partial charge in [-0.25, -0.2) is 4.79 Å². The third-order valence-corrected chi connectivity index (χ3v) is 8.61. The van der Waals surface area contributed by atoms with Gasteiger partial charge >= 0.3 is 12.2 Å². The molecule has 5 rings (SSSR count). The first-order chi connectivity index (χ1) is 17.7. The van der Waals surface area contributed by atoms with Gasteiger partial charge in [0.25, 0.3) is 0 Å². The van der Waals surface area contributed by atoms with Gasteiger partial charge in [-0.05, 0) is 87.0 Å². The highest BCUT2D eigenvalue weighted by molar-refractivity contribution is 5.89. The predicted molar refractivity (Wildman–Crippen MR) is 135 cm³/mol. The average molecular weight is 518 g/mol. The zero-order chi connectivity index (χ0) is 26.2. The number of hydrogen-bond acceptors (Lipinski definition) is 4. The first kappa shape index (κ1) is 25.7. The molecule has 2 amide bonds. The van der Waals surface area contributed by atoms with Gasteiger partial charge < -0.3 is 20.1 Å². The Kier molecular flexibility index (Phi) is 7.00. The van der Waals surface area contributed by atoms with Crippen molar-refractivity contribution in [3.05, 3.63) is 53.6 Å². The van der Waals surface area contributed by atoms with E-state index in [9.17, 15) is 18.0 Å². The molecule has 3 fully saturated rings. The Bertz CT molecular complexity index is 1120. The number of nitrogens with one attached hydrogen (secondary N) is 2. The van der Waals surface area contributed by atoms with Gasteiger partial charge in [-0.3, -0.25) is 4.90 Å². The Morgan fingerprint density at radius 2 is 1.73 bits per heavy atom. The minimum absolute atomic E-state index is 0.0166. The molecule has 1 aliphatic heterocycles. The number of fused-ring (bicyclic) bond motifs is 1. The predicted octanol–water partition coefficient (Wildman–Crippen LogP) is 5.96. The summed E-state index contributed by atoms with van der Waals surface area (Å²) in [7, 11) is 3.29. The molecule has 6 nitrogen and oxygen atoms in total. The summed E-state index contributed by atoms with van der Waals surface area (Å²) in [5, 5.41) is 5.78. The molecular weight excluding hydrogens is 483 g/mol. The number of rotatable bonds is 6. The molecule has 200 valence electrons. The van der Waals surface area contributed by atoms with Crippen LogP contribution in [0.25, 0.3) is 0 Å². The molecule has 2 aliphatic carbocycles. The van der Waals surface area contributed by atoms with Crippen LogP contribution < -0.4 is 20.1 Å². The molecule has 2 N–H and O–H groups in total. The molecular formula is C28H34F3N3O3. The van der Waals surface area contributed by atoms with Crippen molar-refractivity contribution in [3.63, 3.8) is 0 Å². The van der Waals surface area contributed by atoms with Crippen LogP contribution in [0.15, 0.2) is 42.5 Å². The number of ether oxygens (including phenoxy) is 2. The van der Waals surface area contributed by atoms with E-state index in [0.29, 0.717) is 23.5 Å². The summed E-state index contributed by atoms with van der Waals surface area (Å²) in [6, 6.07) is 11.2. The van der Waals surface area contributed by atoms with Gasteiger partial charge in [0.1, 0.15) is 0 Å². The molecule has 2 aromatic rings. The minimum Gasteiger partial charge on any atom is -0.493 e. The zero-order valence-electron chi connectivity index (χ0n) is 21.2. The van der Waals surface area contributed by atoms with Gasteiger partial charge in [-0.1, -0.05) is 12.5 Å². The van der Waals surface area contributed by atoms with E-state index < -0.39 is 17.8 Å². The van der Waals surface area contributed by atoms with Crippen LogP contribution >= 0.6 is 0 Å². The lowest BCUT2D eigenvalue weighted by molar-refractivity contribution is -0.137. The number of benzene rings is 2. The topological polar surface area (TPSA) is 62.8 Å². The summed E-state index contributed by atoms with van der Waals surface area (Å²) < 4.78 is 49.6. The monoisotopic (exact) mass is 517 g/mol. The Morgan fingerprint density at radius 3 is 2.35 bits per heavy atom. The van der Waals surface area contributed by atoms with E-state index in [4.69, 9.17) is 9.47 Å². The highest BCUT2D eigenvalue weighted by atomic mass is 19.4. The molecule has 2 saturated carbocycles. The summed E-state index contributed by atoms with van der Waals surface area (Å²) in [5.41, 5.74) is 0.828. The fourth-order valence-corrected chi connectivity index (χ4v) is 6.45. The average Bonchev–Trinajstić information content (AvgIpc) is 3.21. The summed E-state index contributed by atoms with van der Waals surface area (Å²) in [6.45, 7) is 1.04. The van der Waals surface area contributed by atoms with Crippen molar-refractivity contribution in [2.45, 2.75) is 74.7 Å². The molecule has 0 radical (unpaired) electrons. The Balaban J connectivity index is 1.31. The van der Waals surface area contributed by atoms with Crippen LogP contribution in [-0.4, -0.2) is 49.8 Å². The maximum absolute atomic E-state index is 12.8. The molecule has 1 saturated heterocycles. The normalized spacial score (nSPS) is 26.2. The summed E-state index contributed by atoms with van der Waals surface area (Å²) in [6.07, 6.45) is 2.92. The number of carbonyl (C=O) groups is 1. The van der Waals surface area contributed by atoms with Gasteiger partial charge in [0.15, 0.2) is 11.5 Å². The van der Waals surface area contributed by atoms with Crippen molar-refractivity contribution in [2.75, 3.05) is 26.1 Å². The quantitative estimate of drug-likeness (QED) is 0.496. The molecule has 3 unspecified atom stereocenters. The summed E-state index contributed by atoms with van der Waals surface area (Å²) >= 11 is 0. The SMILES string of the molecule is COc1ccc(C23CCC(NC(=O)Nc4ccc(C(F)(F)F)cc4)CC2N(C2CCC2)CC3)cc1OC. The second-order valence-electron chi connectivity index (χ2n) is 10.5. The molecule has 0 bridgehead atoms. The third-order valence-electron chi connectivity index (χ3n) is 8.61. The van der Waals surface area contributed by atoms with Crippen LogP contribution in [0.5, 0.6) is 11.5 Å². The Hall–Kier alpha value is -2.94. The van der Waals surface area contributed by atoms with Crippen molar-refractivity contribution >= 4 is 11.7 Å². The second kappa shape index (κ2) is 10.1. The van der Waals surface area contributed by atoms with Gasteiger partial charge in [-0.15, -0.1) is 0 Å². The number of hydrogen-bond donors (Lipinski definition) is 2. The van der Waals surface area contributed by atoms with E-state index in [2.05, 4.69) is 27.7 Å². The van der Waals surface area contributed by atoms with Gasteiger partial charge in [-0.2, -0.15) is 13.2 Å². The van der Waals surface area contributed by atoms with Crippen LogP contribution in [0, 0.1) is 0 Å². The highest BCUT2D eigenvalue weighted by Crippen LogP contribution is 2.52. The largest absolute Gasteiger partial charge is 0.493 e. The van der Waals surface area contributed by atoms with Crippen molar-refractivity contribution in [1.82, 2.24) is 10.2 Å². The lowest BCUT2D eigenvalue weighted by Gasteiger charge is -2.48. The van der Waals surface area contributed by atoms with Crippen LogP contribution in [0.2, 0.25) is 0 Å². The zero-order valence-corrected chi connectivity index (χ0v) is 21.2. The number of amides is 2. The lowest BCUT2D eigenvalue weighted by Crippen LogP contribution is -2.55. The lowest BCUT2D eigenvalue weighted by atomic mass is 9.64. The van der Waals surface area contributed by atoms with Crippen LogP contribution in [0.1, 0.15) is 56.1 Å². The van der Waals surface area contributed by atoms with Crippen molar-refractivity contribution in [2.24, 2.45) is 0 Å². The summed E-state index contributed by atoms with van der Waals surface area (Å²) in [5.74, 6) is 1.44. The number of carbonyl (C=O) groups excluding carboxylic acids is 1. The van der Waals surface area contributed by atoms with Crippen LogP contribution in [0.3, 0.4) is 0 Å². The van der Waals surface area contributed by atoms with E-state index in [1.807, 2.05) is 6.07 Å². The molecule has 1 heterocycles. The Labute approximate surface area is 215 Å². The molecule has 0 aromatic heterocycles. The Morgan fingerprint density at radius 1 is 1.00 bits per heavy atom. The molecule has 2 aromatic carbocycles. The smallest absolute Gasteiger partial charge is 0.416 e. The second-order valence-corrected chi connectivity index (χ2v) is 10.5.